The van der Waals surface area contributed by atoms with Crippen molar-refractivity contribution in [3.63, 3.8) is 0 Å². The predicted octanol–water partition coefficient (Wildman–Crippen LogP) is 4.74. The Hall–Kier alpha value is -3.33. The largest absolute Gasteiger partial charge is 0.492 e. The molecule has 0 saturated carbocycles. The van der Waals surface area contributed by atoms with Gasteiger partial charge in [-0.25, -0.2) is 8.78 Å². The summed E-state index contributed by atoms with van der Waals surface area (Å²) >= 11 is 0. The van der Waals surface area contributed by atoms with Crippen LogP contribution in [0.25, 0.3) is 0 Å². The van der Waals surface area contributed by atoms with Gasteiger partial charge in [0.1, 0.15) is 24.0 Å². The van der Waals surface area contributed by atoms with E-state index < -0.39 is 29.7 Å². The Bertz CT molecular complexity index is 1180. The van der Waals surface area contributed by atoms with Crippen molar-refractivity contribution in [1.29, 1.82) is 0 Å². The molecule has 0 aliphatic carbocycles. The Balaban J connectivity index is 1.64. The van der Waals surface area contributed by atoms with Gasteiger partial charge in [0.05, 0.1) is 12.1 Å². The number of hydrogen-bond donors (Lipinski definition) is 3. The number of benzene rings is 3. The molecule has 0 fully saturated rings. The van der Waals surface area contributed by atoms with Crippen LogP contribution in [0.4, 0.5) is 8.78 Å². The minimum absolute atomic E-state index is 0.0567. The van der Waals surface area contributed by atoms with Crippen LogP contribution in [0.5, 0.6) is 5.75 Å². The summed E-state index contributed by atoms with van der Waals surface area (Å²) in [6.07, 6.45) is -0.0217. The fraction of sp³-hybridized carbons (Fsp3) is 0.406. The molecule has 0 spiro atoms. The van der Waals surface area contributed by atoms with E-state index in [1.165, 1.54) is 17.7 Å². The molecule has 2 atom stereocenters. The normalized spacial score (nSPS) is 12.8. The third kappa shape index (κ3) is 10.0. The lowest BCUT2D eigenvalue weighted by Crippen LogP contribution is -2.48. The number of halogens is 2. The molecule has 0 saturated heterocycles. The number of aliphatic hydroxyl groups is 1. The molecular formula is C32H41F2N3O3. The van der Waals surface area contributed by atoms with Crippen molar-refractivity contribution < 1.29 is 23.4 Å². The molecule has 8 heteroatoms. The number of aliphatic hydroxyl groups excluding tert-OH is 1. The van der Waals surface area contributed by atoms with E-state index in [-0.39, 0.29) is 13.0 Å². The van der Waals surface area contributed by atoms with Gasteiger partial charge in [-0.2, -0.15) is 0 Å². The molecule has 0 radical (unpaired) electrons. The number of likely N-dealkylation sites (N-methyl/N-ethyl adjacent to an activating group) is 1. The molecule has 0 bridgehead atoms. The van der Waals surface area contributed by atoms with Crippen molar-refractivity contribution in [3.8, 4) is 5.75 Å². The minimum Gasteiger partial charge on any atom is -0.492 e. The van der Waals surface area contributed by atoms with Crippen LogP contribution in [0.1, 0.15) is 47.8 Å². The Morgan fingerprint density at radius 2 is 1.60 bits per heavy atom. The molecule has 3 N–H and O–H groups in total. The molecule has 0 aromatic heterocycles. The van der Waals surface area contributed by atoms with E-state index in [4.69, 9.17) is 4.74 Å². The molecule has 3 aromatic carbocycles. The van der Waals surface area contributed by atoms with Crippen molar-refractivity contribution >= 4 is 5.91 Å². The second-order valence-electron chi connectivity index (χ2n) is 9.83. The molecule has 0 aliphatic heterocycles. The van der Waals surface area contributed by atoms with Crippen LogP contribution in [0, 0.1) is 11.6 Å². The van der Waals surface area contributed by atoms with Crippen LogP contribution in [0.2, 0.25) is 0 Å². The highest BCUT2D eigenvalue weighted by atomic mass is 19.1. The summed E-state index contributed by atoms with van der Waals surface area (Å²) in [5.74, 6) is -1.15. The van der Waals surface area contributed by atoms with Gasteiger partial charge in [-0.3, -0.25) is 4.79 Å². The van der Waals surface area contributed by atoms with E-state index in [2.05, 4.69) is 48.4 Å². The van der Waals surface area contributed by atoms with Gasteiger partial charge in [0.15, 0.2) is 0 Å². The van der Waals surface area contributed by atoms with Crippen molar-refractivity contribution in [3.05, 3.63) is 101 Å². The van der Waals surface area contributed by atoms with Gasteiger partial charge in [-0.15, -0.1) is 0 Å². The van der Waals surface area contributed by atoms with Gasteiger partial charge in [0, 0.05) is 31.3 Å². The highest BCUT2D eigenvalue weighted by Gasteiger charge is 2.23. The van der Waals surface area contributed by atoms with E-state index in [1.807, 2.05) is 12.1 Å². The predicted molar refractivity (Wildman–Crippen MR) is 155 cm³/mol. The molecule has 3 aromatic rings. The Morgan fingerprint density at radius 3 is 2.25 bits per heavy atom. The Morgan fingerprint density at radius 1 is 0.925 bits per heavy atom. The van der Waals surface area contributed by atoms with Gasteiger partial charge in [0.25, 0.3) is 5.91 Å². The maximum Gasteiger partial charge on any atom is 0.251 e. The van der Waals surface area contributed by atoms with Crippen LogP contribution in [0.3, 0.4) is 0 Å². The zero-order valence-corrected chi connectivity index (χ0v) is 23.6. The van der Waals surface area contributed by atoms with Crippen LogP contribution >= 0.6 is 0 Å². The van der Waals surface area contributed by atoms with Gasteiger partial charge in [0.2, 0.25) is 0 Å². The second kappa shape index (κ2) is 16.1. The van der Waals surface area contributed by atoms with Crippen LogP contribution in [0.15, 0.2) is 66.7 Å². The van der Waals surface area contributed by atoms with Gasteiger partial charge in [-0.1, -0.05) is 45.0 Å². The Labute approximate surface area is 236 Å². The number of amides is 1. The first kappa shape index (κ1) is 31.2. The lowest BCUT2D eigenvalue weighted by Gasteiger charge is -2.25. The number of nitrogens with one attached hydrogen (secondary N) is 2. The third-order valence-corrected chi connectivity index (χ3v) is 6.93. The maximum absolute atomic E-state index is 13.9. The number of carbonyl (C=O) groups excluding carboxylic acids is 1. The average Bonchev–Trinajstić information content (AvgIpc) is 2.95. The second-order valence-corrected chi connectivity index (χ2v) is 9.83. The molecule has 0 heterocycles. The first-order valence-corrected chi connectivity index (χ1v) is 14.0. The SMILES string of the molecule is CCc1cccc(CNCC(O)C(Cc2cc(F)cc(F)c2)NC(=O)c2ccc(OCCN(CC)CC)cc2)c1. The Kier molecular flexibility index (Phi) is 12.5. The molecular weight excluding hydrogens is 512 g/mol. The van der Waals surface area contributed by atoms with E-state index in [9.17, 15) is 18.7 Å². The highest BCUT2D eigenvalue weighted by molar-refractivity contribution is 5.94. The van der Waals surface area contributed by atoms with Crippen molar-refractivity contribution in [2.24, 2.45) is 0 Å². The van der Waals surface area contributed by atoms with E-state index in [0.717, 1.165) is 37.7 Å². The zero-order valence-electron chi connectivity index (χ0n) is 23.6. The summed E-state index contributed by atoms with van der Waals surface area (Å²) in [5, 5.41) is 17.1. The quantitative estimate of drug-likeness (QED) is 0.239. The van der Waals surface area contributed by atoms with E-state index in [1.54, 1.807) is 24.3 Å². The minimum atomic E-state index is -1.01. The van der Waals surface area contributed by atoms with Crippen molar-refractivity contribution in [1.82, 2.24) is 15.5 Å². The fourth-order valence-corrected chi connectivity index (χ4v) is 4.52. The summed E-state index contributed by atoms with van der Waals surface area (Å²) in [5.41, 5.74) is 3.04. The lowest BCUT2D eigenvalue weighted by molar-refractivity contribution is 0.0829. The highest BCUT2D eigenvalue weighted by Crippen LogP contribution is 2.15. The monoisotopic (exact) mass is 553 g/mol. The van der Waals surface area contributed by atoms with E-state index in [0.29, 0.717) is 30.0 Å². The number of nitrogens with zero attached hydrogens (tertiary/aromatic N) is 1. The first-order chi connectivity index (χ1) is 19.3. The molecule has 40 heavy (non-hydrogen) atoms. The zero-order chi connectivity index (χ0) is 28.9. The number of rotatable bonds is 16. The average molecular weight is 554 g/mol. The summed E-state index contributed by atoms with van der Waals surface area (Å²) in [6, 6.07) is 17.4. The summed E-state index contributed by atoms with van der Waals surface area (Å²) < 4.78 is 33.5. The molecule has 1 amide bonds. The van der Waals surface area contributed by atoms with Crippen LogP contribution in [-0.2, 0) is 19.4 Å². The van der Waals surface area contributed by atoms with Crippen molar-refractivity contribution in [2.75, 3.05) is 32.8 Å². The molecule has 6 nitrogen and oxygen atoms in total. The number of carbonyl (C=O) groups is 1. The molecule has 3 rings (SSSR count). The third-order valence-electron chi connectivity index (χ3n) is 6.93. The van der Waals surface area contributed by atoms with Crippen LogP contribution in [-0.4, -0.2) is 60.8 Å². The lowest BCUT2D eigenvalue weighted by atomic mass is 10.00. The number of ether oxygens (including phenoxy) is 1. The van der Waals surface area contributed by atoms with Gasteiger partial charge < -0.3 is 25.4 Å². The number of aryl methyl sites for hydroxylation is 1. The van der Waals surface area contributed by atoms with Gasteiger partial charge in [-0.05, 0) is 79.0 Å². The summed E-state index contributed by atoms with van der Waals surface area (Å²) in [6.45, 7) is 10.3. The molecule has 216 valence electrons. The topological polar surface area (TPSA) is 73.8 Å². The smallest absolute Gasteiger partial charge is 0.251 e. The molecule has 2 unspecified atom stereocenters. The van der Waals surface area contributed by atoms with Crippen molar-refractivity contribution in [2.45, 2.75) is 52.3 Å². The van der Waals surface area contributed by atoms with E-state index >= 15 is 0 Å². The maximum atomic E-state index is 13.9. The first-order valence-electron chi connectivity index (χ1n) is 14.0. The van der Waals surface area contributed by atoms with Crippen LogP contribution < -0.4 is 15.4 Å². The molecule has 0 aliphatic rings. The number of hydrogen-bond acceptors (Lipinski definition) is 5. The standard InChI is InChI=1S/C32H41F2N3O3/c1-4-23-8-7-9-24(16-23)21-35-22-31(38)30(19-25-17-27(33)20-28(34)18-25)36-32(39)26-10-12-29(13-11-26)40-15-14-37(5-2)6-3/h7-13,16-18,20,30-31,35,38H,4-6,14-15,19,21-22H2,1-3H3,(H,36,39). The summed E-state index contributed by atoms with van der Waals surface area (Å²) in [4.78, 5) is 15.4. The summed E-state index contributed by atoms with van der Waals surface area (Å²) in [7, 11) is 0. The fourth-order valence-electron chi connectivity index (χ4n) is 4.52. The van der Waals surface area contributed by atoms with Gasteiger partial charge >= 0.3 is 0 Å².